The standard InChI is InChI=1S/C14H24N4O/c1-9-7-10(5-6-15-9)16-13(19)11-8-12(18-17-11)14(2,3)4/h8-10,15H,5-7H2,1-4H3,(H,16,19)(H,17,18). The second-order valence-electron chi connectivity index (χ2n) is 6.47. The van der Waals surface area contributed by atoms with E-state index in [0.29, 0.717) is 11.7 Å². The predicted octanol–water partition coefficient (Wildman–Crippen LogP) is 1.58. The number of H-pyrrole nitrogens is 1. The Balaban J connectivity index is 1.98. The quantitative estimate of drug-likeness (QED) is 0.759. The van der Waals surface area contributed by atoms with Gasteiger partial charge in [0, 0.05) is 23.2 Å². The summed E-state index contributed by atoms with van der Waals surface area (Å²) in [6.07, 6.45) is 1.95. The summed E-state index contributed by atoms with van der Waals surface area (Å²) in [5.41, 5.74) is 1.45. The average Bonchev–Trinajstić information content (AvgIpc) is 2.77. The van der Waals surface area contributed by atoms with Crippen molar-refractivity contribution in [1.29, 1.82) is 0 Å². The minimum absolute atomic E-state index is 0.0190. The molecular weight excluding hydrogens is 240 g/mol. The third-order valence-electron chi connectivity index (χ3n) is 3.58. The molecule has 1 saturated heterocycles. The Morgan fingerprint density at radius 3 is 2.79 bits per heavy atom. The highest BCUT2D eigenvalue weighted by Crippen LogP contribution is 2.20. The molecule has 1 aliphatic heterocycles. The molecule has 1 aromatic rings. The number of aromatic nitrogens is 2. The lowest BCUT2D eigenvalue weighted by Gasteiger charge is -2.28. The highest BCUT2D eigenvalue weighted by atomic mass is 16.2. The molecule has 2 atom stereocenters. The summed E-state index contributed by atoms with van der Waals surface area (Å²) < 4.78 is 0. The lowest BCUT2D eigenvalue weighted by atomic mass is 9.92. The van der Waals surface area contributed by atoms with Gasteiger partial charge in [0.1, 0.15) is 5.69 Å². The van der Waals surface area contributed by atoms with Crippen molar-refractivity contribution in [2.75, 3.05) is 6.54 Å². The topological polar surface area (TPSA) is 69.8 Å². The molecule has 19 heavy (non-hydrogen) atoms. The van der Waals surface area contributed by atoms with Crippen LogP contribution >= 0.6 is 0 Å². The van der Waals surface area contributed by atoms with E-state index in [0.717, 1.165) is 25.1 Å². The van der Waals surface area contributed by atoms with E-state index in [1.807, 2.05) is 6.07 Å². The number of rotatable bonds is 2. The van der Waals surface area contributed by atoms with Gasteiger partial charge < -0.3 is 10.6 Å². The fourth-order valence-electron chi connectivity index (χ4n) is 2.34. The van der Waals surface area contributed by atoms with Gasteiger partial charge in [-0.2, -0.15) is 5.10 Å². The molecule has 1 aromatic heterocycles. The summed E-state index contributed by atoms with van der Waals surface area (Å²) in [4.78, 5) is 12.1. The van der Waals surface area contributed by atoms with Crippen LogP contribution in [0.1, 0.15) is 56.7 Å². The lowest BCUT2D eigenvalue weighted by Crippen LogP contribution is -2.46. The third-order valence-corrected chi connectivity index (χ3v) is 3.58. The van der Waals surface area contributed by atoms with E-state index in [9.17, 15) is 4.79 Å². The van der Waals surface area contributed by atoms with Gasteiger partial charge in [-0.15, -0.1) is 0 Å². The van der Waals surface area contributed by atoms with Gasteiger partial charge in [-0.1, -0.05) is 20.8 Å². The van der Waals surface area contributed by atoms with Gasteiger partial charge in [0.05, 0.1) is 0 Å². The largest absolute Gasteiger partial charge is 0.348 e. The number of piperidine rings is 1. The Morgan fingerprint density at radius 2 is 2.21 bits per heavy atom. The van der Waals surface area contributed by atoms with Gasteiger partial charge in [-0.25, -0.2) is 0 Å². The Bertz CT molecular complexity index is 447. The van der Waals surface area contributed by atoms with Crippen LogP contribution in [0, 0.1) is 0 Å². The van der Waals surface area contributed by atoms with E-state index in [1.165, 1.54) is 0 Å². The average molecular weight is 264 g/mol. The van der Waals surface area contributed by atoms with E-state index >= 15 is 0 Å². The number of hydrogen-bond acceptors (Lipinski definition) is 3. The van der Waals surface area contributed by atoms with Gasteiger partial charge in [0.2, 0.25) is 0 Å². The first kappa shape index (κ1) is 14.1. The van der Waals surface area contributed by atoms with Crippen molar-refractivity contribution in [3.8, 4) is 0 Å². The maximum atomic E-state index is 12.1. The molecule has 2 rings (SSSR count). The Labute approximate surface area is 114 Å². The van der Waals surface area contributed by atoms with Crippen molar-refractivity contribution in [3.05, 3.63) is 17.5 Å². The van der Waals surface area contributed by atoms with Crippen LogP contribution in [-0.4, -0.2) is 34.7 Å². The number of carbonyl (C=O) groups excluding carboxylic acids is 1. The number of hydrogen-bond donors (Lipinski definition) is 3. The van der Waals surface area contributed by atoms with E-state index in [-0.39, 0.29) is 17.4 Å². The van der Waals surface area contributed by atoms with Crippen molar-refractivity contribution in [2.24, 2.45) is 0 Å². The van der Waals surface area contributed by atoms with E-state index < -0.39 is 0 Å². The van der Waals surface area contributed by atoms with Gasteiger partial charge in [-0.05, 0) is 32.4 Å². The molecule has 2 unspecified atom stereocenters. The predicted molar refractivity (Wildman–Crippen MR) is 75.2 cm³/mol. The van der Waals surface area contributed by atoms with Crippen LogP contribution < -0.4 is 10.6 Å². The summed E-state index contributed by atoms with van der Waals surface area (Å²) in [5.74, 6) is -0.0779. The fraction of sp³-hybridized carbons (Fsp3) is 0.714. The molecule has 0 bridgehead atoms. The smallest absolute Gasteiger partial charge is 0.271 e. The molecule has 3 N–H and O–H groups in total. The molecule has 0 radical (unpaired) electrons. The van der Waals surface area contributed by atoms with E-state index in [2.05, 4.69) is 48.5 Å². The van der Waals surface area contributed by atoms with Crippen LogP contribution in [0.4, 0.5) is 0 Å². The molecule has 1 aliphatic rings. The van der Waals surface area contributed by atoms with Crippen molar-refractivity contribution < 1.29 is 4.79 Å². The highest BCUT2D eigenvalue weighted by Gasteiger charge is 2.23. The molecular formula is C14H24N4O. The number of carbonyl (C=O) groups is 1. The minimum Gasteiger partial charge on any atom is -0.348 e. The van der Waals surface area contributed by atoms with Crippen LogP contribution in [0.2, 0.25) is 0 Å². The molecule has 1 fully saturated rings. The van der Waals surface area contributed by atoms with Crippen LogP contribution in [0.25, 0.3) is 0 Å². The van der Waals surface area contributed by atoms with E-state index in [1.54, 1.807) is 0 Å². The van der Waals surface area contributed by atoms with Gasteiger partial charge in [0.25, 0.3) is 5.91 Å². The SMILES string of the molecule is CC1CC(NC(=O)c2cc(C(C)(C)C)[nH]n2)CCN1. The normalized spacial score (nSPS) is 24.2. The van der Waals surface area contributed by atoms with Crippen LogP contribution in [0.15, 0.2) is 6.07 Å². The zero-order valence-electron chi connectivity index (χ0n) is 12.2. The zero-order valence-corrected chi connectivity index (χ0v) is 12.2. The molecule has 0 spiro atoms. The molecule has 106 valence electrons. The second-order valence-corrected chi connectivity index (χ2v) is 6.47. The maximum Gasteiger partial charge on any atom is 0.271 e. The minimum atomic E-state index is -0.0779. The third kappa shape index (κ3) is 3.56. The molecule has 5 nitrogen and oxygen atoms in total. The first-order valence-electron chi connectivity index (χ1n) is 6.96. The maximum absolute atomic E-state index is 12.1. The monoisotopic (exact) mass is 264 g/mol. The van der Waals surface area contributed by atoms with Gasteiger partial charge in [-0.3, -0.25) is 9.89 Å². The van der Waals surface area contributed by atoms with E-state index in [4.69, 9.17) is 0 Å². The summed E-state index contributed by atoms with van der Waals surface area (Å²) in [5, 5.41) is 13.5. The van der Waals surface area contributed by atoms with Crippen molar-refractivity contribution in [1.82, 2.24) is 20.8 Å². The number of amides is 1. The molecule has 1 amide bonds. The van der Waals surface area contributed by atoms with Gasteiger partial charge in [0.15, 0.2) is 0 Å². The Hall–Kier alpha value is -1.36. The molecule has 0 aromatic carbocycles. The summed E-state index contributed by atoms with van der Waals surface area (Å²) in [7, 11) is 0. The molecule has 0 aliphatic carbocycles. The van der Waals surface area contributed by atoms with Crippen molar-refractivity contribution in [3.63, 3.8) is 0 Å². The fourth-order valence-corrected chi connectivity index (χ4v) is 2.34. The Kier molecular flexibility index (Phi) is 3.94. The number of nitrogens with zero attached hydrogens (tertiary/aromatic N) is 1. The first-order valence-corrected chi connectivity index (χ1v) is 6.96. The number of aromatic amines is 1. The highest BCUT2D eigenvalue weighted by molar-refractivity contribution is 5.92. The Morgan fingerprint density at radius 1 is 1.47 bits per heavy atom. The summed E-state index contributed by atoms with van der Waals surface area (Å²) in [6, 6.07) is 2.56. The molecule has 0 saturated carbocycles. The lowest BCUT2D eigenvalue weighted by molar-refractivity contribution is 0.0920. The van der Waals surface area contributed by atoms with Crippen LogP contribution in [0.3, 0.4) is 0 Å². The summed E-state index contributed by atoms with van der Waals surface area (Å²) in [6.45, 7) is 9.38. The first-order chi connectivity index (χ1) is 8.86. The zero-order chi connectivity index (χ0) is 14.0. The van der Waals surface area contributed by atoms with Gasteiger partial charge >= 0.3 is 0 Å². The van der Waals surface area contributed by atoms with Crippen LogP contribution in [-0.2, 0) is 5.41 Å². The number of nitrogens with one attached hydrogen (secondary N) is 3. The molecule has 5 heteroatoms. The van der Waals surface area contributed by atoms with Crippen molar-refractivity contribution in [2.45, 2.75) is 58.0 Å². The summed E-state index contributed by atoms with van der Waals surface area (Å²) >= 11 is 0. The molecule has 2 heterocycles. The van der Waals surface area contributed by atoms with Crippen LogP contribution in [0.5, 0.6) is 0 Å². The second kappa shape index (κ2) is 5.33. The van der Waals surface area contributed by atoms with Crippen molar-refractivity contribution >= 4 is 5.91 Å².